The molecule has 2 aromatic carbocycles. The van der Waals surface area contributed by atoms with E-state index < -0.39 is 10.0 Å². The largest absolute Gasteiger partial charge is 0.482 e. The fourth-order valence-corrected chi connectivity index (χ4v) is 3.59. The van der Waals surface area contributed by atoms with Gasteiger partial charge in [0.15, 0.2) is 18.1 Å². The lowest BCUT2D eigenvalue weighted by Gasteiger charge is -2.18. The van der Waals surface area contributed by atoms with Crippen LogP contribution in [0.4, 0.5) is 5.69 Å². The summed E-state index contributed by atoms with van der Waals surface area (Å²) in [5.41, 5.74) is 1.07. The quantitative estimate of drug-likeness (QED) is 0.848. The number of hydrogen-bond donors (Lipinski definition) is 2. The van der Waals surface area contributed by atoms with Crippen molar-refractivity contribution in [1.29, 1.82) is 0 Å². The number of hydrogen-bond acceptors (Lipinski definition) is 6. The summed E-state index contributed by atoms with van der Waals surface area (Å²) in [5.74, 6) is 1.34. The third-order valence-corrected chi connectivity index (χ3v) is 5.20. The highest BCUT2D eigenvalue weighted by molar-refractivity contribution is 7.89. The Hall–Kier alpha value is -2.78. The van der Waals surface area contributed by atoms with Crippen molar-refractivity contribution in [3.63, 3.8) is 0 Å². The van der Waals surface area contributed by atoms with Crippen LogP contribution in [0, 0.1) is 0 Å². The topological polar surface area (TPSA) is 103 Å². The van der Waals surface area contributed by atoms with Crippen LogP contribution in [0.1, 0.15) is 5.56 Å². The maximum atomic E-state index is 12.5. The first-order valence-electron chi connectivity index (χ1n) is 7.46. The smallest absolute Gasteiger partial charge is 0.262 e. The van der Waals surface area contributed by atoms with Gasteiger partial charge in [-0.2, -0.15) is 0 Å². The Bertz CT molecular complexity index is 957. The molecule has 0 aromatic heterocycles. The summed E-state index contributed by atoms with van der Waals surface area (Å²) in [6.45, 7) is 0.174. The summed E-state index contributed by atoms with van der Waals surface area (Å²) in [6, 6.07) is 9.54. The van der Waals surface area contributed by atoms with Crippen molar-refractivity contribution in [1.82, 2.24) is 4.72 Å². The fourth-order valence-electron chi connectivity index (χ4n) is 2.54. The molecule has 2 aliphatic rings. The van der Waals surface area contributed by atoms with Gasteiger partial charge in [0.05, 0.1) is 10.6 Å². The summed E-state index contributed by atoms with van der Waals surface area (Å²) in [7, 11) is -3.75. The van der Waals surface area contributed by atoms with Gasteiger partial charge in [-0.3, -0.25) is 4.79 Å². The van der Waals surface area contributed by atoms with Crippen LogP contribution in [-0.2, 0) is 21.4 Å². The highest BCUT2D eigenvalue weighted by Gasteiger charge is 2.21. The molecule has 0 radical (unpaired) electrons. The van der Waals surface area contributed by atoms with E-state index in [4.69, 9.17) is 14.2 Å². The van der Waals surface area contributed by atoms with Crippen molar-refractivity contribution in [2.75, 3.05) is 18.7 Å². The van der Waals surface area contributed by atoms with Gasteiger partial charge >= 0.3 is 0 Å². The molecule has 0 atom stereocenters. The summed E-state index contributed by atoms with van der Waals surface area (Å²) in [4.78, 5) is 11.4. The third kappa shape index (κ3) is 3.11. The van der Waals surface area contributed by atoms with E-state index >= 15 is 0 Å². The molecule has 2 N–H and O–H groups in total. The number of carbonyl (C=O) groups excluding carboxylic acids is 1. The van der Waals surface area contributed by atoms with Gasteiger partial charge in [-0.15, -0.1) is 0 Å². The summed E-state index contributed by atoms with van der Waals surface area (Å²) < 4.78 is 43.2. The van der Waals surface area contributed by atoms with Crippen molar-refractivity contribution in [3.05, 3.63) is 42.0 Å². The Morgan fingerprint density at radius 3 is 2.68 bits per heavy atom. The van der Waals surface area contributed by atoms with Crippen LogP contribution in [0.5, 0.6) is 17.2 Å². The van der Waals surface area contributed by atoms with Crippen LogP contribution in [0.3, 0.4) is 0 Å². The van der Waals surface area contributed by atoms with Crippen molar-refractivity contribution >= 4 is 21.6 Å². The molecule has 2 aromatic rings. The number of anilines is 1. The van der Waals surface area contributed by atoms with Gasteiger partial charge in [0.2, 0.25) is 16.8 Å². The van der Waals surface area contributed by atoms with Crippen molar-refractivity contribution in [2.45, 2.75) is 11.4 Å². The molecule has 2 aliphatic heterocycles. The van der Waals surface area contributed by atoms with Crippen molar-refractivity contribution in [2.24, 2.45) is 0 Å². The number of benzene rings is 2. The molecule has 0 aliphatic carbocycles. The van der Waals surface area contributed by atoms with E-state index in [9.17, 15) is 13.2 Å². The fraction of sp³-hybridized carbons (Fsp3) is 0.188. The van der Waals surface area contributed by atoms with Gasteiger partial charge in [0.25, 0.3) is 5.91 Å². The molecule has 1 amide bonds. The minimum absolute atomic E-state index is 0.0396. The average molecular weight is 362 g/mol. The monoisotopic (exact) mass is 362 g/mol. The molecule has 9 heteroatoms. The molecule has 2 heterocycles. The van der Waals surface area contributed by atoms with E-state index in [1.54, 1.807) is 18.2 Å². The lowest BCUT2D eigenvalue weighted by molar-refractivity contribution is -0.118. The van der Waals surface area contributed by atoms with E-state index in [0.29, 0.717) is 22.9 Å². The van der Waals surface area contributed by atoms with Gasteiger partial charge in [0, 0.05) is 6.54 Å². The van der Waals surface area contributed by atoms with Gasteiger partial charge in [0.1, 0.15) is 5.75 Å². The second kappa shape index (κ2) is 5.94. The molecule has 25 heavy (non-hydrogen) atoms. The molecule has 0 fully saturated rings. The molecule has 0 spiro atoms. The predicted molar refractivity (Wildman–Crippen MR) is 87.2 cm³/mol. The highest BCUT2D eigenvalue weighted by atomic mass is 32.2. The number of ether oxygens (including phenoxy) is 3. The molecule has 0 unspecified atom stereocenters. The molecule has 130 valence electrons. The maximum Gasteiger partial charge on any atom is 0.262 e. The zero-order valence-electron chi connectivity index (χ0n) is 12.9. The summed E-state index contributed by atoms with van der Waals surface area (Å²) in [5, 5.41) is 2.59. The van der Waals surface area contributed by atoms with Crippen LogP contribution < -0.4 is 24.2 Å². The molecule has 4 rings (SSSR count). The molecular weight excluding hydrogens is 348 g/mol. The number of carbonyl (C=O) groups is 1. The lowest BCUT2D eigenvalue weighted by Crippen LogP contribution is -2.27. The second-order valence-corrected chi connectivity index (χ2v) is 7.27. The molecule has 0 saturated heterocycles. The Balaban J connectivity index is 1.52. The third-order valence-electron chi connectivity index (χ3n) is 3.80. The molecule has 8 nitrogen and oxygen atoms in total. The average Bonchev–Trinajstić information content (AvgIpc) is 3.07. The first-order chi connectivity index (χ1) is 12.0. The second-order valence-electron chi connectivity index (χ2n) is 5.51. The highest BCUT2D eigenvalue weighted by Crippen LogP contribution is 2.33. The number of amides is 1. The van der Waals surface area contributed by atoms with Crippen LogP contribution in [0.15, 0.2) is 41.3 Å². The van der Waals surface area contributed by atoms with Crippen LogP contribution in [-0.4, -0.2) is 27.7 Å². The summed E-state index contributed by atoms with van der Waals surface area (Å²) in [6.07, 6.45) is 0. The Labute approximate surface area is 143 Å². The minimum atomic E-state index is -3.75. The van der Waals surface area contributed by atoms with E-state index in [2.05, 4.69) is 10.0 Å². The van der Waals surface area contributed by atoms with Gasteiger partial charge < -0.3 is 19.5 Å². The van der Waals surface area contributed by atoms with Gasteiger partial charge in [-0.05, 0) is 35.9 Å². The maximum absolute atomic E-state index is 12.5. The lowest BCUT2D eigenvalue weighted by atomic mass is 10.2. The van der Waals surface area contributed by atoms with Crippen molar-refractivity contribution in [3.8, 4) is 17.2 Å². The number of nitrogens with one attached hydrogen (secondary N) is 2. The number of sulfonamides is 1. The van der Waals surface area contributed by atoms with E-state index in [-0.39, 0.29) is 30.7 Å². The zero-order chi connectivity index (χ0) is 17.4. The number of fused-ring (bicyclic) bond motifs is 2. The van der Waals surface area contributed by atoms with E-state index in [1.165, 1.54) is 18.2 Å². The van der Waals surface area contributed by atoms with Crippen LogP contribution >= 0.6 is 0 Å². The SMILES string of the molecule is O=C1COc2ccc(S(=O)(=O)NCc3ccc4c(c3)OCO4)cc2N1. The standard InChI is InChI=1S/C16H14N2O6S/c19-16-8-22-13-4-2-11(6-12(13)18-16)25(20,21)17-7-10-1-3-14-15(5-10)24-9-23-14/h1-6,17H,7-9H2,(H,18,19). The van der Waals surface area contributed by atoms with Crippen LogP contribution in [0.2, 0.25) is 0 Å². The predicted octanol–water partition coefficient (Wildman–Crippen LogP) is 1.22. The molecular formula is C16H14N2O6S. The van der Waals surface area contributed by atoms with E-state index in [1.807, 2.05) is 0 Å². The Kier molecular flexibility index (Phi) is 3.74. The summed E-state index contributed by atoms with van der Waals surface area (Å²) >= 11 is 0. The zero-order valence-corrected chi connectivity index (χ0v) is 13.8. The number of rotatable bonds is 4. The first kappa shape index (κ1) is 15.7. The minimum Gasteiger partial charge on any atom is -0.482 e. The van der Waals surface area contributed by atoms with Gasteiger partial charge in [-0.25, -0.2) is 13.1 Å². The first-order valence-corrected chi connectivity index (χ1v) is 8.94. The van der Waals surface area contributed by atoms with E-state index in [0.717, 1.165) is 5.56 Å². The van der Waals surface area contributed by atoms with Gasteiger partial charge in [-0.1, -0.05) is 6.07 Å². The molecule has 0 saturated carbocycles. The van der Waals surface area contributed by atoms with Crippen molar-refractivity contribution < 1.29 is 27.4 Å². The Morgan fingerprint density at radius 1 is 1.00 bits per heavy atom. The Morgan fingerprint density at radius 2 is 1.80 bits per heavy atom. The molecule has 0 bridgehead atoms. The normalized spacial score (nSPS) is 15.3. The van der Waals surface area contributed by atoms with Crippen LogP contribution in [0.25, 0.3) is 0 Å².